The van der Waals surface area contributed by atoms with Crippen LogP contribution < -0.4 is 10.1 Å². The van der Waals surface area contributed by atoms with Crippen LogP contribution in [-0.2, 0) is 26.0 Å². The van der Waals surface area contributed by atoms with Crippen molar-refractivity contribution in [1.29, 1.82) is 0 Å². The molecule has 2 aromatic rings. The number of ether oxygens (including phenoxy) is 2. The molecule has 148 valence electrons. The van der Waals surface area contributed by atoms with Crippen molar-refractivity contribution in [2.45, 2.75) is 17.4 Å². The van der Waals surface area contributed by atoms with Gasteiger partial charge < -0.3 is 14.8 Å². The zero-order valence-corrected chi connectivity index (χ0v) is 16.5. The molecule has 1 amide bonds. The van der Waals surface area contributed by atoms with Crippen molar-refractivity contribution >= 4 is 33.2 Å². The molecule has 1 saturated heterocycles. The van der Waals surface area contributed by atoms with E-state index in [-0.39, 0.29) is 10.8 Å². The summed E-state index contributed by atoms with van der Waals surface area (Å²) >= 11 is 5.98. The Bertz CT molecular complexity index is 1010. The second-order valence-corrected chi connectivity index (χ2v) is 8.97. The molecule has 0 radical (unpaired) electrons. The van der Waals surface area contributed by atoms with Crippen molar-refractivity contribution in [3.63, 3.8) is 0 Å². The third-order valence-corrected chi connectivity index (χ3v) is 6.83. The maximum absolute atomic E-state index is 12.8. The molecule has 0 aliphatic carbocycles. The molecule has 9 heteroatoms. The average Bonchev–Trinajstić information content (AvgIpc) is 3.12. The highest BCUT2D eigenvalue weighted by Crippen LogP contribution is 2.31. The Balaban J connectivity index is 1.47. The highest BCUT2D eigenvalue weighted by Gasteiger charge is 2.30. The van der Waals surface area contributed by atoms with E-state index in [0.29, 0.717) is 49.2 Å². The number of fused-ring (bicyclic) bond motifs is 1. The number of carbonyl (C=O) groups is 1. The van der Waals surface area contributed by atoms with Gasteiger partial charge in [-0.1, -0.05) is 17.7 Å². The van der Waals surface area contributed by atoms with E-state index in [0.717, 1.165) is 5.56 Å². The molecule has 0 spiro atoms. The lowest BCUT2D eigenvalue weighted by atomic mass is 10.1. The minimum atomic E-state index is -3.63. The van der Waals surface area contributed by atoms with Gasteiger partial charge in [0.15, 0.2) is 6.10 Å². The van der Waals surface area contributed by atoms with Crippen LogP contribution in [-0.4, -0.2) is 51.0 Å². The Morgan fingerprint density at radius 3 is 2.71 bits per heavy atom. The van der Waals surface area contributed by atoms with Gasteiger partial charge in [0.1, 0.15) is 5.75 Å². The first-order valence-corrected chi connectivity index (χ1v) is 10.7. The van der Waals surface area contributed by atoms with Crippen LogP contribution in [0.2, 0.25) is 5.02 Å². The zero-order valence-electron chi connectivity index (χ0n) is 14.9. The van der Waals surface area contributed by atoms with Gasteiger partial charge in [-0.2, -0.15) is 4.31 Å². The van der Waals surface area contributed by atoms with Gasteiger partial charge in [-0.15, -0.1) is 0 Å². The van der Waals surface area contributed by atoms with Crippen molar-refractivity contribution in [1.82, 2.24) is 4.31 Å². The summed E-state index contributed by atoms with van der Waals surface area (Å²) in [6, 6.07) is 11.5. The number of hydrogen-bond donors (Lipinski definition) is 1. The van der Waals surface area contributed by atoms with Crippen molar-refractivity contribution in [2.75, 3.05) is 31.6 Å². The van der Waals surface area contributed by atoms with E-state index >= 15 is 0 Å². The Morgan fingerprint density at radius 1 is 1.14 bits per heavy atom. The Morgan fingerprint density at radius 2 is 1.93 bits per heavy atom. The van der Waals surface area contributed by atoms with Gasteiger partial charge >= 0.3 is 0 Å². The van der Waals surface area contributed by atoms with E-state index in [1.54, 1.807) is 30.3 Å². The van der Waals surface area contributed by atoms with Crippen molar-refractivity contribution < 1.29 is 22.7 Å². The molecule has 1 fully saturated rings. The van der Waals surface area contributed by atoms with E-state index in [1.165, 1.54) is 16.4 Å². The SMILES string of the molecule is O=C(Nc1cccc(S(=O)(=O)N2CCOCC2)c1)C1Cc2cc(Cl)ccc2O1. The molecule has 28 heavy (non-hydrogen) atoms. The number of nitrogens with one attached hydrogen (secondary N) is 1. The molecule has 1 N–H and O–H groups in total. The molecular formula is C19H19ClN2O5S. The van der Waals surface area contributed by atoms with E-state index in [2.05, 4.69) is 5.32 Å². The number of benzene rings is 2. The first-order chi connectivity index (χ1) is 13.4. The van der Waals surface area contributed by atoms with Crippen LogP contribution in [0.25, 0.3) is 0 Å². The monoisotopic (exact) mass is 422 g/mol. The molecule has 0 saturated carbocycles. The standard InChI is InChI=1S/C19H19ClN2O5S/c20-14-4-5-17-13(10-14)11-18(27-17)19(23)21-15-2-1-3-16(12-15)28(24,25)22-6-8-26-9-7-22/h1-5,10,12,18H,6-9,11H2,(H,21,23). The lowest BCUT2D eigenvalue weighted by Gasteiger charge is -2.26. The summed E-state index contributed by atoms with van der Waals surface area (Å²) in [4.78, 5) is 12.7. The predicted octanol–water partition coefficient (Wildman–Crippen LogP) is 2.30. The third kappa shape index (κ3) is 3.86. The quantitative estimate of drug-likeness (QED) is 0.817. The molecule has 1 atom stereocenters. The number of amides is 1. The van der Waals surface area contributed by atoms with Gasteiger partial charge in [-0.25, -0.2) is 8.42 Å². The van der Waals surface area contributed by atoms with Gasteiger partial charge in [0.25, 0.3) is 5.91 Å². The van der Waals surface area contributed by atoms with Crippen LogP contribution in [0.1, 0.15) is 5.56 Å². The summed E-state index contributed by atoms with van der Waals surface area (Å²) in [5, 5.41) is 3.33. The second kappa shape index (κ2) is 7.71. The molecule has 2 aliphatic heterocycles. The summed E-state index contributed by atoms with van der Waals surface area (Å²) in [6.45, 7) is 1.38. The van der Waals surface area contributed by atoms with E-state index in [4.69, 9.17) is 21.1 Å². The number of nitrogens with zero attached hydrogens (tertiary/aromatic N) is 1. The minimum Gasteiger partial charge on any atom is -0.480 e. The maximum Gasteiger partial charge on any atom is 0.265 e. The first kappa shape index (κ1) is 19.2. The third-order valence-electron chi connectivity index (χ3n) is 4.70. The van der Waals surface area contributed by atoms with Gasteiger partial charge in [-0.3, -0.25) is 4.79 Å². The lowest BCUT2D eigenvalue weighted by molar-refractivity contribution is -0.122. The number of carbonyl (C=O) groups excluding carboxylic acids is 1. The van der Waals surface area contributed by atoms with E-state index < -0.39 is 16.1 Å². The Kier molecular flexibility index (Phi) is 5.29. The number of morpholine rings is 1. The van der Waals surface area contributed by atoms with Gasteiger partial charge in [0, 0.05) is 30.2 Å². The summed E-state index contributed by atoms with van der Waals surface area (Å²) in [5.41, 5.74) is 1.27. The van der Waals surface area contributed by atoms with Crippen molar-refractivity contribution in [2.24, 2.45) is 0 Å². The number of anilines is 1. The van der Waals surface area contributed by atoms with Gasteiger partial charge in [-0.05, 0) is 42.0 Å². The molecule has 1 unspecified atom stereocenters. The van der Waals surface area contributed by atoms with Crippen LogP contribution in [0.3, 0.4) is 0 Å². The lowest BCUT2D eigenvalue weighted by Crippen LogP contribution is -2.40. The van der Waals surface area contributed by atoms with Gasteiger partial charge in [0.2, 0.25) is 10.0 Å². The van der Waals surface area contributed by atoms with Crippen molar-refractivity contribution in [3.05, 3.63) is 53.1 Å². The minimum absolute atomic E-state index is 0.134. The zero-order chi connectivity index (χ0) is 19.7. The number of halogens is 1. The summed E-state index contributed by atoms with van der Waals surface area (Å²) in [5.74, 6) is 0.293. The van der Waals surface area contributed by atoms with E-state index in [9.17, 15) is 13.2 Å². The highest BCUT2D eigenvalue weighted by molar-refractivity contribution is 7.89. The van der Waals surface area contributed by atoms with Crippen LogP contribution in [0.5, 0.6) is 5.75 Å². The Labute approximate surface area is 168 Å². The van der Waals surface area contributed by atoms with Gasteiger partial charge in [0.05, 0.1) is 18.1 Å². The molecule has 2 aromatic carbocycles. The summed E-state index contributed by atoms with van der Waals surface area (Å²) in [6.07, 6.45) is -0.277. The fraction of sp³-hybridized carbons (Fsp3) is 0.316. The first-order valence-electron chi connectivity index (χ1n) is 8.87. The number of hydrogen-bond acceptors (Lipinski definition) is 5. The average molecular weight is 423 g/mol. The molecule has 0 bridgehead atoms. The fourth-order valence-electron chi connectivity index (χ4n) is 3.26. The fourth-order valence-corrected chi connectivity index (χ4v) is 4.91. The molecule has 2 heterocycles. The normalized spacial score (nSPS) is 19.7. The van der Waals surface area contributed by atoms with Crippen LogP contribution >= 0.6 is 11.6 Å². The van der Waals surface area contributed by atoms with Crippen LogP contribution in [0, 0.1) is 0 Å². The molecule has 4 rings (SSSR count). The van der Waals surface area contributed by atoms with Crippen molar-refractivity contribution in [3.8, 4) is 5.75 Å². The Hall–Kier alpha value is -2.13. The maximum atomic E-state index is 12.8. The molecular weight excluding hydrogens is 404 g/mol. The highest BCUT2D eigenvalue weighted by atomic mass is 35.5. The van der Waals surface area contributed by atoms with Crippen LogP contribution in [0.15, 0.2) is 47.4 Å². The topological polar surface area (TPSA) is 84.9 Å². The smallest absolute Gasteiger partial charge is 0.265 e. The molecule has 2 aliphatic rings. The number of rotatable bonds is 4. The predicted molar refractivity (Wildman–Crippen MR) is 104 cm³/mol. The van der Waals surface area contributed by atoms with E-state index in [1.807, 2.05) is 0 Å². The summed E-state index contributed by atoms with van der Waals surface area (Å²) < 4.78 is 37.8. The molecule has 7 nitrogen and oxygen atoms in total. The number of sulfonamides is 1. The largest absolute Gasteiger partial charge is 0.480 e. The summed E-state index contributed by atoms with van der Waals surface area (Å²) in [7, 11) is -3.63. The molecule has 0 aromatic heterocycles. The van der Waals surface area contributed by atoms with Crippen LogP contribution in [0.4, 0.5) is 5.69 Å². The second-order valence-electron chi connectivity index (χ2n) is 6.60.